The predicted molar refractivity (Wildman–Crippen MR) is 146 cm³/mol. The number of halogens is 3. The molecule has 2 saturated carbocycles. The van der Waals surface area contributed by atoms with Crippen LogP contribution in [0.2, 0.25) is 0 Å². The van der Waals surface area contributed by atoms with Gasteiger partial charge in [-0.1, -0.05) is 31.2 Å². The maximum Gasteiger partial charge on any atom is 0.433 e. The second kappa shape index (κ2) is 11.1. The summed E-state index contributed by atoms with van der Waals surface area (Å²) in [5, 5.41) is 20.9. The van der Waals surface area contributed by atoms with Gasteiger partial charge >= 0.3 is 6.18 Å². The number of aromatic nitrogens is 3. The molecule has 2 fully saturated rings. The first-order chi connectivity index (χ1) is 18.7. The zero-order valence-electron chi connectivity index (χ0n) is 22.3. The van der Waals surface area contributed by atoms with Crippen molar-refractivity contribution >= 4 is 16.7 Å². The third-order valence-electron chi connectivity index (χ3n) is 8.17. The summed E-state index contributed by atoms with van der Waals surface area (Å²) in [4.78, 5) is 10.5. The first kappa shape index (κ1) is 27.3. The summed E-state index contributed by atoms with van der Waals surface area (Å²) >= 11 is 0. The number of aromatic amines is 1. The van der Waals surface area contributed by atoms with Crippen molar-refractivity contribution < 1.29 is 18.3 Å². The van der Waals surface area contributed by atoms with Crippen LogP contribution < -0.4 is 5.32 Å². The summed E-state index contributed by atoms with van der Waals surface area (Å²) < 4.78 is 41.7. The Morgan fingerprint density at radius 3 is 2.69 bits per heavy atom. The highest BCUT2D eigenvalue weighted by atomic mass is 19.4. The second-order valence-electron chi connectivity index (χ2n) is 10.7. The third kappa shape index (κ3) is 5.58. The Hall–Kier alpha value is -3.24. The van der Waals surface area contributed by atoms with Gasteiger partial charge in [0.1, 0.15) is 17.2 Å². The molecule has 2 aliphatic carbocycles. The smallest absolute Gasteiger partial charge is 0.393 e. The number of benzene rings is 1. The molecule has 5 rings (SSSR count). The van der Waals surface area contributed by atoms with E-state index in [1.54, 1.807) is 13.2 Å². The maximum atomic E-state index is 13.9. The molecule has 3 N–H and O–H groups in total. The lowest BCUT2D eigenvalue weighted by Crippen LogP contribution is -2.35. The van der Waals surface area contributed by atoms with Crippen LogP contribution in [0.25, 0.3) is 22.2 Å². The third-order valence-corrected chi connectivity index (χ3v) is 8.17. The average Bonchev–Trinajstić information content (AvgIpc) is 3.51. The van der Waals surface area contributed by atoms with E-state index in [-0.39, 0.29) is 30.3 Å². The molecule has 3 unspecified atom stereocenters. The van der Waals surface area contributed by atoms with Crippen molar-refractivity contribution in [2.45, 2.75) is 69.3 Å². The largest absolute Gasteiger partial charge is 0.433 e. The summed E-state index contributed by atoms with van der Waals surface area (Å²) in [6.45, 7) is 4.04. The van der Waals surface area contributed by atoms with Crippen LogP contribution in [0.4, 0.5) is 13.2 Å². The number of alkyl halides is 3. The summed E-state index contributed by atoms with van der Waals surface area (Å²) in [6.07, 6.45) is 2.17. The van der Waals surface area contributed by atoms with Crippen LogP contribution in [-0.2, 0) is 12.7 Å². The van der Waals surface area contributed by atoms with Gasteiger partial charge in [-0.3, -0.25) is 10.1 Å². The van der Waals surface area contributed by atoms with Gasteiger partial charge in [-0.15, -0.1) is 0 Å². The number of aliphatic hydroxyl groups excluding tert-OH is 1. The predicted octanol–water partition coefficient (Wildman–Crippen LogP) is 5.63. The molecule has 0 aliphatic heterocycles. The van der Waals surface area contributed by atoms with Crippen molar-refractivity contribution in [1.82, 2.24) is 25.4 Å². The lowest BCUT2D eigenvalue weighted by Gasteiger charge is -2.37. The van der Waals surface area contributed by atoms with E-state index in [2.05, 4.69) is 38.1 Å². The number of rotatable bonds is 8. The van der Waals surface area contributed by atoms with E-state index in [9.17, 15) is 18.3 Å². The van der Waals surface area contributed by atoms with Crippen LogP contribution in [0.3, 0.4) is 0 Å². The minimum Gasteiger partial charge on any atom is -0.393 e. The highest BCUT2D eigenvalue weighted by Crippen LogP contribution is 2.42. The average molecular weight is 541 g/mol. The Morgan fingerprint density at radius 2 is 2.08 bits per heavy atom. The highest BCUT2D eigenvalue weighted by Gasteiger charge is 2.35. The molecule has 2 aliphatic rings. The number of aliphatic hydroxyl groups is 1. The molecule has 7 nitrogen and oxygen atoms in total. The molecule has 39 heavy (non-hydrogen) atoms. The molecular formula is C29H35F3N6O. The number of fused-ring (bicyclic) bond motifs is 1. The molecule has 10 heteroatoms. The van der Waals surface area contributed by atoms with Crippen LogP contribution in [-0.4, -0.2) is 57.3 Å². The van der Waals surface area contributed by atoms with Crippen LogP contribution in [0.1, 0.15) is 61.4 Å². The molecule has 2 aromatic heterocycles. The molecule has 0 amide bonds. The van der Waals surface area contributed by atoms with Gasteiger partial charge in [-0.25, -0.2) is 4.98 Å². The summed E-state index contributed by atoms with van der Waals surface area (Å²) in [5.41, 5.74) is 2.03. The topological polar surface area (TPSA) is 89.4 Å². The molecule has 1 aromatic carbocycles. The van der Waals surface area contributed by atoms with E-state index in [0.29, 0.717) is 35.4 Å². The lowest BCUT2D eigenvalue weighted by atomic mass is 9.72. The number of H-pyrrole nitrogens is 1. The fraction of sp³-hybridized carbons (Fsp3) is 0.483. The number of amidine groups is 1. The van der Waals surface area contributed by atoms with Crippen molar-refractivity contribution in [1.29, 1.82) is 0 Å². The van der Waals surface area contributed by atoms with Crippen molar-refractivity contribution in [2.75, 3.05) is 14.1 Å². The lowest BCUT2D eigenvalue weighted by molar-refractivity contribution is -0.141. The molecule has 0 bridgehead atoms. The number of aliphatic imine (C=N–C) groups is 1. The minimum atomic E-state index is -4.60. The SMILES string of the molecule is C=CN(C)C(=NC)C(c1cccc(-c2n[nH]c3c(CNC4CCC(O)C4)nc(C(F)(F)F)cc23)c1)C1CCC1. The zero-order valence-corrected chi connectivity index (χ0v) is 22.3. The van der Waals surface area contributed by atoms with Crippen molar-refractivity contribution in [2.24, 2.45) is 10.9 Å². The quantitative estimate of drug-likeness (QED) is 0.254. The van der Waals surface area contributed by atoms with E-state index >= 15 is 0 Å². The maximum absolute atomic E-state index is 13.9. The van der Waals surface area contributed by atoms with Crippen molar-refractivity contribution in [3.05, 3.63) is 60.1 Å². The Bertz CT molecular complexity index is 1360. The molecule has 3 aromatic rings. The van der Waals surface area contributed by atoms with Gasteiger partial charge in [0.15, 0.2) is 0 Å². The van der Waals surface area contributed by atoms with Crippen LogP contribution in [0.15, 0.2) is 48.1 Å². The van der Waals surface area contributed by atoms with Crippen LogP contribution in [0, 0.1) is 5.92 Å². The summed E-state index contributed by atoms with van der Waals surface area (Å²) in [5.74, 6) is 1.39. The second-order valence-corrected chi connectivity index (χ2v) is 10.7. The van der Waals surface area contributed by atoms with E-state index in [1.165, 1.54) is 6.42 Å². The van der Waals surface area contributed by atoms with E-state index in [0.717, 1.165) is 42.3 Å². The number of nitrogens with one attached hydrogen (secondary N) is 2. The zero-order chi connectivity index (χ0) is 27.7. The van der Waals surface area contributed by atoms with Gasteiger partial charge in [-0.2, -0.15) is 18.3 Å². The first-order valence-electron chi connectivity index (χ1n) is 13.5. The summed E-state index contributed by atoms with van der Waals surface area (Å²) in [6, 6.07) is 9.00. The van der Waals surface area contributed by atoms with E-state index < -0.39 is 11.9 Å². The van der Waals surface area contributed by atoms with Gasteiger partial charge in [0.05, 0.1) is 17.3 Å². The number of hydrogen-bond acceptors (Lipinski definition) is 5. The normalized spacial score (nSPS) is 21.2. The van der Waals surface area contributed by atoms with Crippen molar-refractivity contribution in [3.8, 4) is 11.3 Å². The fourth-order valence-corrected chi connectivity index (χ4v) is 5.85. The number of nitrogens with zero attached hydrogens (tertiary/aromatic N) is 4. The standard InChI is InChI=1S/C29H35F3N6O/c1-4-38(3)28(33-2)25(17-7-5-8-17)18-9-6-10-19(13-18)26-22-15-24(29(30,31)32)35-23(27(22)37-36-26)16-34-20-11-12-21(39)14-20/h4,6,9-10,13,15,17,20-21,25,34,39H,1,5,7-8,11-12,14,16H2,2-3H3,(H,36,37). The van der Waals surface area contributed by atoms with Crippen molar-refractivity contribution in [3.63, 3.8) is 0 Å². The van der Waals surface area contributed by atoms with Gasteiger partial charge in [0.25, 0.3) is 0 Å². The Labute approximate surface area is 226 Å². The van der Waals surface area contributed by atoms with Gasteiger partial charge in [-0.05, 0) is 61.9 Å². The van der Waals surface area contributed by atoms with Gasteiger partial charge in [0, 0.05) is 43.5 Å². The summed E-state index contributed by atoms with van der Waals surface area (Å²) in [7, 11) is 3.71. The Kier molecular flexibility index (Phi) is 7.77. The highest BCUT2D eigenvalue weighted by molar-refractivity contribution is 5.95. The Morgan fingerprint density at radius 1 is 1.28 bits per heavy atom. The molecule has 0 radical (unpaired) electrons. The molecular weight excluding hydrogens is 505 g/mol. The van der Waals surface area contributed by atoms with E-state index in [4.69, 9.17) is 0 Å². The van der Waals surface area contributed by atoms with Crippen LogP contribution >= 0.6 is 0 Å². The number of likely N-dealkylation sites (N-methyl/N-ethyl adjacent to an activating group) is 1. The number of hydrogen-bond donors (Lipinski definition) is 3. The molecule has 208 valence electrons. The molecule has 3 atom stereocenters. The molecule has 0 saturated heterocycles. The number of pyridine rings is 1. The molecule has 0 spiro atoms. The van der Waals surface area contributed by atoms with Gasteiger partial charge in [0.2, 0.25) is 0 Å². The minimum absolute atomic E-state index is 0.0389. The Balaban J connectivity index is 1.55. The first-order valence-corrected chi connectivity index (χ1v) is 13.5. The van der Waals surface area contributed by atoms with Crippen LogP contribution in [0.5, 0.6) is 0 Å². The van der Waals surface area contributed by atoms with Gasteiger partial charge < -0.3 is 15.3 Å². The van der Waals surface area contributed by atoms with E-state index in [1.807, 2.05) is 30.1 Å². The fourth-order valence-electron chi connectivity index (χ4n) is 5.85. The monoisotopic (exact) mass is 540 g/mol. The molecule has 2 heterocycles.